The molecule has 6 rings (SSSR count). The van der Waals surface area contributed by atoms with Crippen molar-refractivity contribution >= 4 is 29.3 Å². The predicted molar refractivity (Wildman–Crippen MR) is 179 cm³/mol. The van der Waals surface area contributed by atoms with E-state index in [0.717, 1.165) is 72.9 Å². The van der Waals surface area contributed by atoms with Crippen LogP contribution in [0.4, 0.5) is 16.2 Å². The summed E-state index contributed by atoms with van der Waals surface area (Å²) in [4.78, 5) is 53.1. The minimum atomic E-state index is -0.588. The number of piperazine rings is 1. The average Bonchev–Trinajstić information content (AvgIpc) is 3.51. The highest BCUT2D eigenvalue weighted by Crippen LogP contribution is 2.40. The molecule has 11 nitrogen and oxygen atoms in total. The van der Waals surface area contributed by atoms with Crippen molar-refractivity contribution in [2.45, 2.75) is 44.6 Å². The van der Waals surface area contributed by atoms with Crippen LogP contribution in [0.25, 0.3) is 22.5 Å². The quantitative estimate of drug-likeness (QED) is 0.354. The second-order valence-corrected chi connectivity index (χ2v) is 13.6. The Morgan fingerprint density at radius 1 is 1.07 bits per heavy atom. The first kappa shape index (κ1) is 31.3. The van der Waals surface area contributed by atoms with Crippen LogP contribution in [0.1, 0.15) is 49.7 Å². The van der Waals surface area contributed by atoms with E-state index in [1.807, 2.05) is 57.2 Å². The number of aromatic nitrogens is 2. The van der Waals surface area contributed by atoms with Crippen LogP contribution in [0, 0.1) is 0 Å². The van der Waals surface area contributed by atoms with Crippen LogP contribution in [0.15, 0.2) is 55.3 Å². The molecule has 1 unspecified atom stereocenters. The second-order valence-electron chi connectivity index (χ2n) is 13.6. The smallest absolute Gasteiger partial charge is 0.410 e. The van der Waals surface area contributed by atoms with E-state index < -0.39 is 11.0 Å². The van der Waals surface area contributed by atoms with Crippen LogP contribution < -0.4 is 15.5 Å². The summed E-state index contributed by atoms with van der Waals surface area (Å²) in [6.07, 6.45) is 4.32. The van der Waals surface area contributed by atoms with Crippen LogP contribution in [0.2, 0.25) is 0 Å². The van der Waals surface area contributed by atoms with Crippen LogP contribution in [0.5, 0.6) is 0 Å². The molecule has 1 aromatic carbocycles. The summed E-state index contributed by atoms with van der Waals surface area (Å²) in [6, 6.07) is 11.8. The molecule has 3 aliphatic rings. The molecule has 0 radical (unpaired) electrons. The Balaban J connectivity index is 1.31. The number of benzene rings is 1. The van der Waals surface area contributed by atoms with Crippen molar-refractivity contribution in [3.8, 4) is 22.5 Å². The van der Waals surface area contributed by atoms with Crippen molar-refractivity contribution in [2.24, 2.45) is 0 Å². The van der Waals surface area contributed by atoms with Gasteiger partial charge in [-0.25, -0.2) is 4.79 Å². The molecule has 3 aliphatic heterocycles. The molecule has 3 N–H and O–H groups in total. The fraction of sp³-hybridized carbons (Fsp3) is 0.429. The summed E-state index contributed by atoms with van der Waals surface area (Å²) in [5.74, 6) is -0.403. The zero-order valence-electron chi connectivity index (χ0n) is 27.1. The number of amides is 3. The number of carbonyl (C=O) groups excluding carboxylic acids is 3. The standard InChI is InChI=1S/C35H43N7O4/c1-6-30(43)38-28-19-23(8-9-29(28)41-16-14-40(5)15-17-41)26-18-24(10-12-36-26)27-20-25-31(39-27)35(21-37-32(25)44)11-7-13-42(22-35)33(45)46-34(2,3)4/h6,8-10,12,18-20,39H,1,7,11,13-17,21-22H2,2-5H3,(H,37,44)(H,38,43). The highest BCUT2D eigenvalue weighted by molar-refractivity contribution is 6.02. The fourth-order valence-corrected chi connectivity index (χ4v) is 6.66. The Morgan fingerprint density at radius 2 is 1.85 bits per heavy atom. The minimum Gasteiger partial charge on any atom is -0.444 e. The number of likely N-dealkylation sites (N-methyl/N-ethyl adjacent to an activating group) is 1. The maximum atomic E-state index is 13.1. The minimum absolute atomic E-state index is 0.131. The zero-order valence-corrected chi connectivity index (χ0v) is 27.1. The topological polar surface area (TPSA) is 123 Å². The average molecular weight is 626 g/mol. The van der Waals surface area contributed by atoms with Gasteiger partial charge in [0.05, 0.1) is 22.6 Å². The summed E-state index contributed by atoms with van der Waals surface area (Å²) >= 11 is 0. The molecule has 5 heterocycles. The molecule has 0 aliphatic carbocycles. The normalized spacial score (nSPS) is 20.2. The van der Waals surface area contributed by atoms with Gasteiger partial charge in [-0.1, -0.05) is 12.6 Å². The SMILES string of the molecule is C=CC(=O)Nc1cc(-c2cc(-c3cc4c([nH]3)C3(CCCN(C(=O)OC(C)(C)C)C3)CNC4=O)ccn2)ccc1N1CCN(C)CC1. The number of ether oxygens (including phenoxy) is 1. The molecule has 1 spiro atoms. The first-order valence-corrected chi connectivity index (χ1v) is 15.9. The van der Waals surface area contributed by atoms with Gasteiger partial charge in [0.25, 0.3) is 5.91 Å². The molecule has 1 atom stereocenters. The number of pyridine rings is 1. The third-order valence-electron chi connectivity index (χ3n) is 9.06. The molecule has 0 saturated carbocycles. The summed E-state index contributed by atoms with van der Waals surface area (Å²) in [7, 11) is 2.11. The number of fused-ring (bicyclic) bond motifs is 2. The van der Waals surface area contributed by atoms with E-state index in [4.69, 9.17) is 4.74 Å². The summed E-state index contributed by atoms with van der Waals surface area (Å²) in [5, 5.41) is 6.06. The molecule has 46 heavy (non-hydrogen) atoms. The monoisotopic (exact) mass is 625 g/mol. The van der Waals surface area contributed by atoms with E-state index >= 15 is 0 Å². The molecule has 2 saturated heterocycles. The van der Waals surface area contributed by atoms with Gasteiger partial charge in [-0.2, -0.15) is 0 Å². The molecule has 3 aromatic rings. The first-order valence-electron chi connectivity index (χ1n) is 15.9. The van der Waals surface area contributed by atoms with E-state index in [9.17, 15) is 14.4 Å². The van der Waals surface area contributed by atoms with Crippen LogP contribution >= 0.6 is 0 Å². The number of nitrogens with one attached hydrogen (secondary N) is 3. The third-order valence-corrected chi connectivity index (χ3v) is 9.06. The molecule has 0 bridgehead atoms. The Morgan fingerprint density at radius 3 is 2.59 bits per heavy atom. The molecule has 2 fully saturated rings. The van der Waals surface area contributed by atoms with Crippen molar-refractivity contribution in [3.63, 3.8) is 0 Å². The summed E-state index contributed by atoms with van der Waals surface area (Å²) in [6.45, 7) is 14.3. The van der Waals surface area contributed by atoms with E-state index in [2.05, 4.69) is 44.0 Å². The maximum absolute atomic E-state index is 13.1. The number of aromatic amines is 1. The number of anilines is 2. The van der Waals surface area contributed by atoms with Crippen molar-refractivity contribution in [2.75, 3.05) is 63.1 Å². The van der Waals surface area contributed by atoms with Gasteiger partial charge >= 0.3 is 6.09 Å². The van der Waals surface area contributed by atoms with E-state index in [1.165, 1.54) is 6.08 Å². The van der Waals surface area contributed by atoms with Gasteiger partial charge in [-0.15, -0.1) is 0 Å². The molecule has 3 amide bonds. The lowest BCUT2D eigenvalue weighted by Crippen LogP contribution is -2.57. The van der Waals surface area contributed by atoms with E-state index in [0.29, 0.717) is 30.9 Å². The Hall–Kier alpha value is -4.64. The largest absolute Gasteiger partial charge is 0.444 e. The lowest BCUT2D eigenvalue weighted by molar-refractivity contribution is -0.111. The molecule has 242 valence electrons. The van der Waals surface area contributed by atoms with Crippen molar-refractivity contribution in [1.82, 2.24) is 25.1 Å². The third kappa shape index (κ3) is 6.37. The number of rotatable bonds is 5. The second kappa shape index (κ2) is 12.3. The van der Waals surface area contributed by atoms with Crippen LogP contribution in [-0.2, 0) is 14.9 Å². The predicted octanol–water partition coefficient (Wildman–Crippen LogP) is 4.63. The van der Waals surface area contributed by atoms with Gasteiger partial charge in [0.1, 0.15) is 5.60 Å². The van der Waals surface area contributed by atoms with Gasteiger partial charge in [-0.3, -0.25) is 14.6 Å². The number of piperidine rings is 1. The molecule has 2 aromatic heterocycles. The van der Waals surface area contributed by atoms with Gasteiger partial charge in [-0.05, 0) is 77.1 Å². The van der Waals surface area contributed by atoms with E-state index in [1.54, 1.807) is 11.1 Å². The molecule has 11 heteroatoms. The lowest BCUT2D eigenvalue weighted by Gasteiger charge is -2.44. The lowest BCUT2D eigenvalue weighted by atomic mass is 9.74. The fourth-order valence-electron chi connectivity index (χ4n) is 6.66. The van der Waals surface area contributed by atoms with Gasteiger partial charge in [0, 0.05) is 79.9 Å². The highest BCUT2D eigenvalue weighted by atomic mass is 16.6. The summed E-state index contributed by atoms with van der Waals surface area (Å²) in [5.41, 5.74) is 5.35. The zero-order chi connectivity index (χ0) is 32.6. The van der Waals surface area contributed by atoms with Gasteiger partial charge < -0.3 is 35.1 Å². The maximum Gasteiger partial charge on any atom is 0.410 e. The van der Waals surface area contributed by atoms with E-state index in [-0.39, 0.29) is 17.9 Å². The number of H-pyrrole nitrogens is 1. The number of hydrogen-bond acceptors (Lipinski definition) is 7. The van der Waals surface area contributed by atoms with Crippen molar-refractivity contribution in [1.29, 1.82) is 0 Å². The molecular formula is C35H43N7O4. The number of hydrogen-bond donors (Lipinski definition) is 3. The Kier molecular flexibility index (Phi) is 8.37. The number of carbonyl (C=O) groups is 3. The number of nitrogens with zero attached hydrogens (tertiary/aromatic N) is 4. The van der Waals surface area contributed by atoms with Crippen molar-refractivity contribution in [3.05, 3.63) is 66.5 Å². The Labute approximate surface area is 270 Å². The number of likely N-dealkylation sites (tertiary alicyclic amines) is 1. The highest BCUT2D eigenvalue weighted by Gasteiger charge is 2.46. The van der Waals surface area contributed by atoms with Gasteiger partial charge in [0.15, 0.2) is 0 Å². The Bertz CT molecular complexity index is 1670. The van der Waals surface area contributed by atoms with Gasteiger partial charge in [0.2, 0.25) is 5.91 Å². The van der Waals surface area contributed by atoms with Crippen LogP contribution in [-0.4, -0.2) is 96.1 Å². The van der Waals surface area contributed by atoms with Crippen LogP contribution in [0.3, 0.4) is 0 Å². The first-order chi connectivity index (χ1) is 21.9. The molecular weight excluding hydrogens is 582 g/mol. The summed E-state index contributed by atoms with van der Waals surface area (Å²) < 4.78 is 5.68. The van der Waals surface area contributed by atoms with Crippen molar-refractivity contribution < 1.29 is 19.1 Å².